The van der Waals surface area contributed by atoms with Crippen molar-refractivity contribution in [2.24, 2.45) is 22.7 Å². The molecule has 0 aromatic carbocycles. The van der Waals surface area contributed by atoms with Crippen LogP contribution in [0.15, 0.2) is 12.7 Å². The predicted molar refractivity (Wildman–Crippen MR) is 154 cm³/mol. The highest BCUT2D eigenvalue weighted by Gasteiger charge is 2.71. The number of carbonyl (C=O) groups excluding carboxylic acids is 2. The van der Waals surface area contributed by atoms with E-state index in [-0.39, 0.29) is 36.8 Å². The maximum Gasteiger partial charge on any atom is 0.303 e. The van der Waals surface area contributed by atoms with E-state index in [0.717, 1.165) is 19.3 Å². The van der Waals surface area contributed by atoms with Crippen molar-refractivity contribution in [3.8, 4) is 0 Å². The fourth-order valence-electron chi connectivity index (χ4n) is 8.01. The molecule has 12 heteroatoms. The number of aliphatic hydroxyl groups excluding tert-OH is 1. The molecule has 0 amide bonds. The Hall–Kier alpha value is -1.17. The summed E-state index contributed by atoms with van der Waals surface area (Å²) in [7, 11) is 1.01. The second-order valence-electron chi connectivity index (χ2n) is 14.8. The summed E-state index contributed by atoms with van der Waals surface area (Å²) in [5, 5.41) is 12.0. The molecule has 3 fully saturated rings. The number of fused-ring (bicyclic) bond motifs is 3. The van der Waals surface area contributed by atoms with Crippen LogP contribution in [0.1, 0.15) is 67.2 Å². The molecular weight excluding hydrogens is 565 g/mol. The number of ether oxygens (including phenoxy) is 3. The Morgan fingerprint density at radius 1 is 1.19 bits per heavy atom. The Labute approximate surface area is 251 Å². The van der Waals surface area contributed by atoms with Crippen molar-refractivity contribution < 1.29 is 51.9 Å². The Morgan fingerprint density at radius 3 is 2.40 bits per heavy atom. The summed E-state index contributed by atoms with van der Waals surface area (Å²) in [6.45, 7) is 14.5. The van der Waals surface area contributed by atoms with Gasteiger partial charge in [-0.15, -0.1) is 6.58 Å². The molecule has 3 rings (SSSR count). The molecule has 11 nitrogen and oxygen atoms in total. The lowest BCUT2D eigenvalue weighted by Gasteiger charge is -2.67. The van der Waals surface area contributed by atoms with Crippen LogP contribution in [-0.2, 0) is 37.4 Å². The highest BCUT2D eigenvalue weighted by Crippen LogP contribution is 2.65. The van der Waals surface area contributed by atoms with Gasteiger partial charge in [0.2, 0.25) is 0 Å². The third-order valence-electron chi connectivity index (χ3n) is 9.49. The first-order valence-electron chi connectivity index (χ1n) is 14.8. The SMILES string of the molecule is C=C[C@@]1(C)CC(=O)[C@H]2[C@](C)(O1)[C@@H](OCC(COP(=O)([O-])OCC[N+](C)(C)C)OC(C)=O)[C@@H](O)C1C(C)(C)CCC[C@@]12C. The molecule has 9 atom stereocenters. The number of quaternary nitrogens is 1. The van der Waals surface area contributed by atoms with E-state index in [1.165, 1.54) is 6.92 Å². The zero-order chi connectivity index (χ0) is 31.9. The van der Waals surface area contributed by atoms with E-state index in [9.17, 15) is 24.2 Å². The first-order chi connectivity index (χ1) is 19.1. The van der Waals surface area contributed by atoms with E-state index in [2.05, 4.69) is 27.4 Å². The zero-order valence-corrected chi connectivity index (χ0v) is 27.7. The van der Waals surface area contributed by atoms with Crippen LogP contribution in [0.3, 0.4) is 0 Å². The third-order valence-corrected chi connectivity index (χ3v) is 10.5. The van der Waals surface area contributed by atoms with Crippen LogP contribution in [0.4, 0.5) is 0 Å². The lowest BCUT2D eigenvalue weighted by atomic mass is 9.42. The predicted octanol–water partition coefficient (Wildman–Crippen LogP) is 3.03. The van der Waals surface area contributed by atoms with Crippen molar-refractivity contribution in [2.45, 2.75) is 96.7 Å². The summed E-state index contributed by atoms with van der Waals surface area (Å²) in [4.78, 5) is 38.2. The van der Waals surface area contributed by atoms with Gasteiger partial charge < -0.3 is 37.7 Å². The summed E-state index contributed by atoms with van der Waals surface area (Å²) in [6.07, 6.45) is 1.22. The van der Waals surface area contributed by atoms with Crippen molar-refractivity contribution in [2.75, 3.05) is 47.5 Å². The quantitative estimate of drug-likeness (QED) is 0.150. The van der Waals surface area contributed by atoms with Gasteiger partial charge in [-0.05, 0) is 43.4 Å². The highest BCUT2D eigenvalue weighted by atomic mass is 31.2. The molecule has 1 heterocycles. The Kier molecular flexibility index (Phi) is 10.4. The normalized spacial score (nSPS) is 38.5. The number of nitrogens with zero attached hydrogens (tertiary/aromatic N) is 1. The van der Waals surface area contributed by atoms with Gasteiger partial charge in [0, 0.05) is 13.3 Å². The van der Waals surface area contributed by atoms with Gasteiger partial charge in [-0.25, -0.2) is 0 Å². The highest BCUT2D eigenvalue weighted by molar-refractivity contribution is 7.45. The van der Waals surface area contributed by atoms with E-state index in [1.54, 1.807) is 19.9 Å². The molecule has 42 heavy (non-hydrogen) atoms. The van der Waals surface area contributed by atoms with Crippen LogP contribution >= 0.6 is 7.82 Å². The van der Waals surface area contributed by atoms with E-state index >= 15 is 0 Å². The molecule has 0 radical (unpaired) electrons. The van der Waals surface area contributed by atoms with Gasteiger partial charge in [-0.2, -0.15) is 0 Å². The number of rotatable bonds is 12. The number of Topliss-reactive ketones (excluding diaryl/α,β-unsaturated/α-hetero) is 1. The summed E-state index contributed by atoms with van der Waals surface area (Å²) in [6, 6.07) is 0. The minimum Gasteiger partial charge on any atom is -0.756 e. The lowest BCUT2D eigenvalue weighted by Crippen LogP contribution is -2.75. The van der Waals surface area contributed by atoms with Crippen LogP contribution in [0, 0.1) is 22.7 Å². The lowest BCUT2D eigenvalue weighted by molar-refractivity contribution is -0.870. The van der Waals surface area contributed by atoms with Crippen molar-refractivity contribution in [1.82, 2.24) is 0 Å². The molecule has 2 aliphatic carbocycles. The number of likely N-dealkylation sites (N-methyl/N-ethyl adjacent to an activating group) is 1. The Morgan fingerprint density at radius 2 is 1.83 bits per heavy atom. The van der Waals surface area contributed by atoms with E-state index < -0.39 is 61.2 Å². The van der Waals surface area contributed by atoms with Crippen LogP contribution in [0.5, 0.6) is 0 Å². The van der Waals surface area contributed by atoms with Crippen LogP contribution in [0.2, 0.25) is 0 Å². The molecular formula is C30H52NO10P. The Balaban J connectivity index is 1.88. The van der Waals surface area contributed by atoms with Crippen LogP contribution in [0.25, 0.3) is 0 Å². The zero-order valence-electron chi connectivity index (χ0n) is 26.8. The second kappa shape index (κ2) is 12.3. The average Bonchev–Trinajstić information content (AvgIpc) is 2.79. The number of carbonyl (C=O) groups is 2. The van der Waals surface area contributed by atoms with Gasteiger partial charge in [0.1, 0.15) is 36.7 Å². The smallest absolute Gasteiger partial charge is 0.303 e. The third kappa shape index (κ3) is 7.54. The summed E-state index contributed by atoms with van der Waals surface area (Å²) < 4.78 is 41.3. The molecule has 1 saturated heterocycles. The van der Waals surface area contributed by atoms with E-state index in [0.29, 0.717) is 11.0 Å². The van der Waals surface area contributed by atoms with Crippen molar-refractivity contribution >= 4 is 19.6 Å². The molecule has 1 N–H and O–H groups in total. The van der Waals surface area contributed by atoms with Crippen molar-refractivity contribution in [3.63, 3.8) is 0 Å². The van der Waals surface area contributed by atoms with Gasteiger partial charge in [0.15, 0.2) is 0 Å². The van der Waals surface area contributed by atoms with E-state index in [1.807, 2.05) is 21.1 Å². The first kappa shape index (κ1) is 35.3. The molecule has 2 saturated carbocycles. The average molecular weight is 618 g/mol. The number of ketones is 1. The minimum atomic E-state index is -4.69. The van der Waals surface area contributed by atoms with Gasteiger partial charge >= 0.3 is 5.97 Å². The standard InChI is InChI=1S/C30H52NO10P/c1-11-28(5)17-22(33)24-29(6)14-12-13-27(3,4)25(29)23(34)26(30(24,7)41-28)37-18-21(40-20(2)32)19-39-42(35,36)38-16-15-31(8,9)10/h11,21,23-26,34H,1,12-19H2,2-10H3/t21?,23-,24+,25?,26-,28-,29+,30-/m0/s1. The van der Waals surface area contributed by atoms with Gasteiger partial charge in [-0.3, -0.25) is 14.2 Å². The molecule has 0 bridgehead atoms. The molecule has 1 aliphatic heterocycles. The number of phosphoric acid groups is 1. The Bertz CT molecular complexity index is 1070. The van der Waals surface area contributed by atoms with Crippen LogP contribution < -0.4 is 4.89 Å². The number of hydrogen-bond acceptors (Lipinski definition) is 10. The topological polar surface area (TPSA) is 141 Å². The van der Waals surface area contributed by atoms with Crippen LogP contribution in [-0.4, -0.2) is 98.4 Å². The summed E-state index contributed by atoms with van der Waals surface area (Å²) >= 11 is 0. The maximum atomic E-state index is 13.9. The van der Waals surface area contributed by atoms with Gasteiger partial charge in [0.05, 0.1) is 52.0 Å². The molecule has 0 aromatic heterocycles. The molecule has 0 spiro atoms. The molecule has 242 valence electrons. The van der Waals surface area contributed by atoms with Gasteiger partial charge in [0.25, 0.3) is 7.82 Å². The minimum absolute atomic E-state index is 0.0371. The first-order valence-corrected chi connectivity index (χ1v) is 16.3. The molecule has 0 aromatic rings. The number of aliphatic hydroxyl groups is 1. The summed E-state index contributed by atoms with van der Waals surface area (Å²) in [5.74, 6) is -1.45. The largest absolute Gasteiger partial charge is 0.756 e. The van der Waals surface area contributed by atoms with Crippen molar-refractivity contribution in [1.29, 1.82) is 0 Å². The fraction of sp³-hybridized carbons (Fsp3) is 0.867. The monoisotopic (exact) mass is 617 g/mol. The summed E-state index contributed by atoms with van der Waals surface area (Å²) in [5.41, 5.74) is -3.02. The number of esters is 1. The molecule has 3 unspecified atom stereocenters. The molecule has 3 aliphatic rings. The maximum absolute atomic E-state index is 13.9. The van der Waals surface area contributed by atoms with Crippen molar-refractivity contribution in [3.05, 3.63) is 12.7 Å². The fourth-order valence-corrected chi connectivity index (χ4v) is 8.74. The second-order valence-corrected chi connectivity index (χ2v) is 16.2. The van der Waals surface area contributed by atoms with E-state index in [4.69, 9.17) is 23.3 Å². The number of hydrogen-bond donors (Lipinski definition) is 1. The van der Waals surface area contributed by atoms with Gasteiger partial charge in [-0.1, -0.05) is 33.3 Å². The number of phosphoric ester groups is 1.